The van der Waals surface area contributed by atoms with Gasteiger partial charge in [0.05, 0.1) is 5.02 Å². The summed E-state index contributed by atoms with van der Waals surface area (Å²) in [7, 11) is 0. The molecular weight excluding hydrogens is 316 g/mol. The van der Waals surface area contributed by atoms with E-state index in [4.69, 9.17) is 27.9 Å². The summed E-state index contributed by atoms with van der Waals surface area (Å²) in [6.45, 7) is 1.41. The standard InChI is InChI=1S/C15H12Cl2FNO2/c1-9-2-4-11(7-13(9)18)19-15(20)8-21-14-5-3-10(16)6-12(14)17/h2-7H,8H2,1H3,(H,19,20). The Morgan fingerprint density at radius 1 is 1.24 bits per heavy atom. The van der Waals surface area contributed by atoms with E-state index in [1.807, 2.05) is 0 Å². The average Bonchev–Trinajstić information content (AvgIpc) is 2.42. The Bertz CT molecular complexity index is 677. The molecule has 0 fully saturated rings. The third-order valence-electron chi connectivity index (χ3n) is 2.71. The summed E-state index contributed by atoms with van der Waals surface area (Å²) in [5.74, 6) is -0.440. The lowest BCUT2D eigenvalue weighted by Crippen LogP contribution is -2.20. The topological polar surface area (TPSA) is 38.3 Å². The molecule has 0 aliphatic heterocycles. The minimum atomic E-state index is -0.413. The maximum atomic E-state index is 13.4. The number of ether oxygens (including phenoxy) is 1. The quantitative estimate of drug-likeness (QED) is 0.900. The number of aryl methyl sites for hydroxylation is 1. The molecule has 6 heteroatoms. The molecule has 0 radical (unpaired) electrons. The predicted octanol–water partition coefficient (Wildman–Crippen LogP) is 4.46. The van der Waals surface area contributed by atoms with Gasteiger partial charge in [-0.1, -0.05) is 29.3 Å². The first-order valence-corrected chi connectivity index (χ1v) is 6.85. The van der Waals surface area contributed by atoms with E-state index in [0.717, 1.165) is 0 Å². The second-order valence-electron chi connectivity index (χ2n) is 4.38. The fourth-order valence-electron chi connectivity index (χ4n) is 1.60. The lowest BCUT2D eigenvalue weighted by Gasteiger charge is -2.09. The maximum absolute atomic E-state index is 13.4. The molecule has 21 heavy (non-hydrogen) atoms. The van der Waals surface area contributed by atoms with Crippen LogP contribution in [-0.2, 0) is 4.79 Å². The van der Waals surface area contributed by atoms with Crippen LogP contribution in [0.15, 0.2) is 36.4 Å². The SMILES string of the molecule is Cc1ccc(NC(=O)COc2ccc(Cl)cc2Cl)cc1F. The third-order valence-corrected chi connectivity index (χ3v) is 3.24. The van der Waals surface area contributed by atoms with Crippen molar-refractivity contribution in [3.8, 4) is 5.75 Å². The lowest BCUT2D eigenvalue weighted by molar-refractivity contribution is -0.118. The molecule has 0 aliphatic rings. The normalized spacial score (nSPS) is 10.3. The van der Waals surface area contributed by atoms with Crippen LogP contribution in [-0.4, -0.2) is 12.5 Å². The smallest absolute Gasteiger partial charge is 0.262 e. The van der Waals surface area contributed by atoms with Gasteiger partial charge in [-0.05, 0) is 42.8 Å². The van der Waals surface area contributed by atoms with Gasteiger partial charge in [-0.3, -0.25) is 4.79 Å². The largest absolute Gasteiger partial charge is 0.482 e. The molecule has 0 aromatic heterocycles. The molecule has 3 nitrogen and oxygen atoms in total. The molecule has 0 aliphatic carbocycles. The van der Waals surface area contributed by atoms with Crippen molar-refractivity contribution in [2.75, 3.05) is 11.9 Å². The number of amides is 1. The Morgan fingerprint density at radius 3 is 2.67 bits per heavy atom. The first-order chi connectivity index (χ1) is 9.95. The minimum Gasteiger partial charge on any atom is -0.482 e. The van der Waals surface area contributed by atoms with E-state index in [1.165, 1.54) is 12.1 Å². The Hall–Kier alpha value is -1.78. The summed E-state index contributed by atoms with van der Waals surface area (Å²) in [5.41, 5.74) is 0.881. The summed E-state index contributed by atoms with van der Waals surface area (Å²) in [4.78, 5) is 11.7. The van der Waals surface area contributed by atoms with Gasteiger partial charge in [-0.25, -0.2) is 4.39 Å². The number of anilines is 1. The molecule has 0 saturated carbocycles. The van der Waals surface area contributed by atoms with Crippen LogP contribution in [0.3, 0.4) is 0 Å². The van der Waals surface area contributed by atoms with E-state index in [9.17, 15) is 9.18 Å². The summed E-state index contributed by atoms with van der Waals surface area (Å²) < 4.78 is 18.6. The Balaban J connectivity index is 1.94. The molecular formula is C15H12Cl2FNO2. The van der Waals surface area contributed by atoms with Crippen molar-refractivity contribution in [2.24, 2.45) is 0 Å². The molecule has 2 aromatic rings. The van der Waals surface area contributed by atoms with Crippen LogP contribution < -0.4 is 10.1 Å². The fraction of sp³-hybridized carbons (Fsp3) is 0.133. The number of carbonyl (C=O) groups excluding carboxylic acids is 1. The third kappa shape index (κ3) is 4.34. The van der Waals surface area contributed by atoms with Crippen LogP contribution in [0.4, 0.5) is 10.1 Å². The van der Waals surface area contributed by atoms with Crippen molar-refractivity contribution in [2.45, 2.75) is 6.92 Å². The van der Waals surface area contributed by atoms with Crippen LogP contribution in [0.2, 0.25) is 10.0 Å². The van der Waals surface area contributed by atoms with Crippen LogP contribution >= 0.6 is 23.2 Å². The highest BCUT2D eigenvalue weighted by Gasteiger charge is 2.08. The molecule has 0 bridgehead atoms. The average molecular weight is 328 g/mol. The molecule has 1 amide bonds. The van der Waals surface area contributed by atoms with Gasteiger partial charge in [0.15, 0.2) is 6.61 Å². The lowest BCUT2D eigenvalue weighted by atomic mass is 10.2. The van der Waals surface area contributed by atoms with E-state index < -0.39 is 5.91 Å². The van der Waals surface area contributed by atoms with E-state index in [0.29, 0.717) is 27.0 Å². The zero-order valence-corrected chi connectivity index (χ0v) is 12.6. The van der Waals surface area contributed by atoms with Gasteiger partial charge in [0.1, 0.15) is 11.6 Å². The first kappa shape index (κ1) is 15.6. The number of hydrogen-bond donors (Lipinski definition) is 1. The highest BCUT2D eigenvalue weighted by molar-refractivity contribution is 6.35. The fourth-order valence-corrected chi connectivity index (χ4v) is 2.07. The Morgan fingerprint density at radius 2 is 2.00 bits per heavy atom. The number of rotatable bonds is 4. The number of benzene rings is 2. The number of carbonyl (C=O) groups is 1. The highest BCUT2D eigenvalue weighted by atomic mass is 35.5. The van der Waals surface area contributed by atoms with Gasteiger partial charge in [-0.15, -0.1) is 0 Å². The molecule has 0 saturated heterocycles. The monoisotopic (exact) mass is 327 g/mol. The van der Waals surface area contributed by atoms with Crippen LogP contribution in [0.5, 0.6) is 5.75 Å². The molecule has 110 valence electrons. The Labute approximate surface area is 131 Å². The highest BCUT2D eigenvalue weighted by Crippen LogP contribution is 2.27. The first-order valence-electron chi connectivity index (χ1n) is 6.09. The van der Waals surface area contributed by atoms with Gasteiger partial charge >= 0.3 is 0 Å². The Kier molecular flexibility index (Phi) is 5.04. The molecule has 2 aromatic carbocycles. The number of nitrogens with one attached hydrogen (secondary N) is 1. The van der Waals surface area contributed by atoms with E-state index in [2.05, 4.69) is 5.32 Å². The van der Waals surface area contributed by atoms with Gasteiger partial charge in [0.25, 0.3) is 5.91 Å². The van der Waals surface area contributed by atoms with E-state index in [-0.39, 0.29) is 12.4 Å². The van der Waals surface area contributed by atoms with E-state index in [1.54, 1.807) is 31.2 Å². The van der Waals surface area contributed by atoms with Crippen LogP contribution in [0.25, 0.3) is 0 Å². The van der Waals surface area contributed by atoms with Gasteiger partial charge in [-0.2, -0.15) is 0 Å². The minimum absolute atomic E-state index is 0.239. The zero-order chi connectivity index (χ0) is 15.4. The van der Waals surface area contributed by atoms with Crippen LogP contribution in [0.1, 0.15) is 5.56 Å². The second kappa shape index (κ2) is 6.78. The van der Waals surface area contributed by atoms with Crippen LogP contribution in [0, 0.1) is 12.7 Å². The summed E-state index contributed by atoms with van der Waals surface area (Å²) in [6, 6.07) is 9.15. The van der Waals surface area contributed by atoms with Crippen molar-refractivity contribution in [3.63, 3.8) is 0 Å². The van der Waals surface area contributed by atoms with Crippen molar-refractivity contribution in [1.29, 1.82) is 0 Å². The second-order valence-corrected chi connectivity index (χ2v) is 5.22. The molecule has 0 heterocycles. The number of hydrogen-bond acceptors (Lipinski definition) is 2. The van der Waals surface area contributed by atoms with Gasteiger partial charge in [0, 0.05) is 10.7 Å². The molecule has 2 rings (SSSR count). The van der Waals surface area contributed by atoms with Gasteiger partial charge < -0.3 is 10.1 Å². The molecule has 0 atom stereocenters. The summed E-state index contributed by atoms with van der Waals surface area (Å²) in [6.07, 6.45) is 0. The zero-order valence-electron chi connectivity index (χ0n) is 11.1. The van der Waals surface area contributed by atoms with E-state index >= 15 is 0 Å². The van der Waals surface area contributed by atoms with Gasteiger partial charge in [0.2, 0.25) is 0 Å². The maximum Gasteiger partial charge on any atom is 0.262 e. The van der Waals surface area contributed by atoms with Crippen molar-refractivity contribution >= 4 is 34.8 Å². The number of halogens is 3. The predicted molar refractivity (Wildman–Crippen MR) is 81.7 cm³/mol. The summed E-state index contributed by atoms with van der Waals surface area (Å²) >= 11 is 11.7. The molecule has 0 spiro atoms. The van der Waals surface area contributed by atoms with Crippen molar-refractivity contribution in [3.05, 3.63) is 57.8 Å². The molecule has 1 N–H and O–H groups in total. The summed E-state index contributed by atoms with van der Waals surface area (Å²) in [5, 5.41) is 3.33. The van der Waals surface area contributed by atoms with Crippen molar-refractivity contribution in [1.82, 2.24) is 0 Å². The molecule has 0 unspecified atom stereocenters. The van der Waals surface area contributed by atoms with Crippen molar-refractivity contribution < 1.29 is 13.9 Å².